The smallest absolute Gasteiger partial charge is 0.286 e. The quantitative estimate of drug-likeness (QED) is 0.721. The lowest BCUT2D eigenvalue weighted by Gasteiger charge is -2.30. The molecular formula is C8H16O7P2. The fraction of sp³-hybridized carbons (Fsp3) is 1.00. The van der Waals surface area contributed by atoms with Gasteiger partial charge in [-0.05, 0) is 0 Å². The minimum Gasteiger partial charge on any atom is -0.286 e. The van der Waals surface area contributed by atoms with Gasteiger partial charge in [-0.25, -0.2) is 9.13 Å². The van der Waals surface area contributed by atoms with Gasteiger partial charge < -0.3 is 0 Å². The summed E-state index contributed by atoms with van der Waals surface area (Å²) in [5, 5.41) is 0. The van der Waals surface area contributed by atoms with E-state index in [0.717, 1.165) is 0 Å². The van der Waals surface area contributed by atoms with Gasteiger partial charge >= 0.3 is 15.6 Å². The van der Waals surface area contributed by atoms with E-state index in [1.165, 1.54) is 0 Å². The summed E-state index contributed by atoms with van der Waals surface area (Å²) in [6.07, 6.45) is 0. The van der Waals surface area contributed by atoms with Crippen LogP contribution >= 0.6 is 15.6 Å². The molecule has 2 rings (SSSR count). The Kier molecular flexibility index (Phi) is 4.10. The third-order valence-electron chi connectivity index (χ3n) is 2.27. The van der Waals surface area contributed by atoms with Crippen molar-refractivity contribution in [2.24, 2.45) is 11.8 Å². The van der Waals surface area contributed by atoms with Crippen LogP contribution in [0.4, 0.5) is 0 Å². The van der Waals surface area contributed by atoms with Crippen molar-refractivity contribution in [3.63, 3.8) is 0 Å². The van der Waals surface area contributed by atoms with Crippen LogP contribution in [0.25, 0.3) is 0 Å². The Morgan fingerprint density at radius 1 is 0.824 bits per heavy atom. The molecule has 0 saturated carbocycles. The molecule has 17 heavy (non-hydrogen) atoms. The van der Waals surface area contributed by atoms with Crippen molar-refractivity contribution in [1.82, 2.24) is 0 Å². The van der Waals surface area contributed by atoms with E-state index in [1.54, 1.807) is 0 Å². The number of rotatable bonds is 2. The van der Waals surface area contributed by atoms with Gasteiger partial charge in [0.2, 0.25) is 0 Å². The predicted molar refractivity (Wildman–Crippen MR) is 58.4 cm³/mol. The molecule has 0 aromatic rings. The molecule has 0 unspecified atom stereocenters. The van der Waals surface area contributed by atoms with Crippen LogP contribution in [0.3, 0.4) is 0 Å². The van der Waals surface area contributed by atoms with Crippen molar-refractivity contribution in [2.75, 3.05) is 26.4 Å². The van der Waals surface area contributed by atoms with Gasteiger partial charge in [-0.3, -0.25) is 18.1 Å². The summed E-state index contributed by atoms with van der Waals surface area (Å²) in [7, 11) is -7.64. The maximum atomic E-state index is 11.9. The molecule has 9 heteroatoms. The molecule has 0 aromatic heterocycles. The number of phosphoric acid groups is 2. The summed E-state index contributed by atoms with van der Waals surface area (Å²) in [5.41, 5.74) is 0. The van der Waals surface area contributed by atoms with Gasteiger partial charge in [0.15, 0.2) is 0 Å². The first-order chi connectivity index (χ1) is 7.91. The van der Waals surface area contributed by atoms with E-state index >= 15 is 0 Å². The summed E-state index contributed by atoms with van der Waals surface area (Å²) in [6.45, 7) is 4.67. The van der Waals surface area contributed by atoms with Gasteiger partial charge in [0, 0.05) is 11.8 Å². The Morgan fingerprint density at radius 3 is 1.41 bits per heavy atom. The van der Waals surface area contributed by atoms with E-state index in [1.807, 2.05) is 13.8 Å². The molecule has 2 aliphatic heterocycles. The second-order valence-electron chi connectivity index (χ2n) is 4.37. The molecule has 0 atom stereocenters. The van der Waals surface area contributed by atoms with E-state index in [0.29, 0.717) is 0 Å². The molecule has 0 bridgehead atoms. The fourth-order valence-corrected chi connectivity index (χ4v) is 4.89. The van der Waals surface area contributed by atoms with Gasteiger partial charge in [0.05, 0.1) is 26.4 Å². The Labute approximate surface area is 99.9 Å². The summed E-state index contributed by atoms with van der Waals surface area (Å²) in [4.78, 5) is 0. The topological polar surface area (TPSA) is 80.3 Å². The maximum absolute atomic E-state index is 11.9. The third kappa shape index (κ3) is 3.61. The van der Waals surface area contributed by atoms with Gasteiger partial charge in [0.1, 0.15) is 0 Å². The lowest BCUT2D eigenvalue weighted by atomic mass is 10.2. The van der Waals surface area contributed by atoms with Crippen LogP contribution in [0.15, 0.2) is 0 Å². The molecule has 2 fully saturated rings. The second-order valence-corrected chi connectivity index (χ2v) is 7.84. The predicted octanol–water partition coefficient (Wildman–Crippen LogP) is 2.59. The Hall–Kier alpha value is 0.260. The highest BCUT2D eigenvalue weighted by atomic mass is 31.3. The van der Waals surface area contributed by atoms with Crippen molar-refractivity contribution in [3.8, 4) is 0 Å². The normalized spacial score (nSPS) is 47.9. The minimum absolute atomic E-state index is 0.120. The summed E-state index contributed by atoms with van der Waals surface area (Å²) in [6, 6.07) is 0. The number of hydrogen-bond acceptors (Lipinski definition) is 7. The fourth-order valence-electron chi connectivity index (χ4n) is 1.26. The molecule has 2 saturated heterocycles. The molecule has 0 radical (unpaired) electrons. The van der Waals surface area contributed by atoms with Gasteiger partial charge in [-0.1, -0.05) is 13.8 Å². The van der Waals surface area contributed by atoms with E-state index in [-0.39, 0.29) is 38.3 Å². The lowest BCUT2D eigenvalue weighted by molar-refractivity contribution is 0.0332. The van der Waals surface area contributed by atoms with E-state index in [4.69, 9.17) is 22.4 Å². The molecule has 0 N–H and O–H groups in total. The summed E-state index contributed by atoms with van der Waals surface area (Å²) >= 11 is 0. The highest BCUT2D eigenvalue weighted by Gasteiger charge is 2.44. The Morgan fingerprint density at radius 2 is 1.12 bits per heavy atom. The Bertz CT molecular complexity index is 313. The molecule has 0 aromatic carbocycles. The highest BCUT2D eigenvalue weighted by molar-refractivity contribution is 7.62. The van der Waals surface area contributed by atoms with Crippen LogP contribution in [-0.2, 0) is 31.5 Å². The van der Waals surface area contributed by atoms with Gasteiger partial charge in [-0.15, -0.1) is 0 Å². The maximum Gasteiger partial charge on any atom is 0.483 e. The average molecular weight is 286 g/mol. The number of phosphoric ester groups is 2. The van der Waals surface area contributed by atoms with E-state index in [9.17, 15) is 9.13 Å². The first-order valence-electron chi connectivity index (χ1n) is 5.40. The van der Waals surface area contributed by atoms with Gasteiger partial charge in [-0.2, -0.15) is 4.31 Å². The van der Waals surface area contributed by atoms with Gasteiger partial charge in [0.25, 0.3) is 0 Å². The lowest BCUT2D eigenvalue weighted by Crippen LogP contribution is -2.22. The van der Waals surface area contributed by atoms with E-state index < -0.39 is 15.6 Å². The molecule has 0 amide bonds. The number of hydrogen-bond donors (Lipinski definition) is 0. The molecule has 0 aliphatic carbocycles. The first-order valence-corrected chi connectivity index (χ1v) is 8.32. The Balaban J connectivity index is 1.96. The van der Waals surface area contributed by atoms with Crippen molar-refractivity contribution >= 4 is 15.6 Å². The minimum atomic E-state index is -3.82. The van der Waals surface area contributed by atoms with Crippen LogP contribution in [0.2, 0.25) is 0 Å². The standard InChI is InChI=1S/C8H16O7P2/c1-7-3-11-16(9,12-4-7)15-17(10)13-5-8(2)6-14-17/h7-8H,3-6H2,1-2H3. The zero-order valence-electron chi connectivity index (χ0n) is 9.74. The first kappa shape index (κ1) is 13.7. The van der Waals surface area contributed by atoms with Crippen LogP contribution in [0, 0.1) is 11.8 Å². The van der Waals surface area contributed by atoms with Crippen molar-refractivity contribution < 1.29 is 31.5 Å². The monoisotopic (exact) mass is 286 g/mol. The SMILES string of the molecule is CC1COP(=O)(OP2(=O)OCC(C)CO2)OC1. The van der Waals surface area contributed by atoms with Crippen LogP contribution < -0.4 is 0 Å². The molecule has 100 valence electrons. The second kappa shape index (κ2) is 5.10. The van der Waals surface area contributed by atoms with Crippen molar-refractivity contribution in [3.05, 3.63) is 0 Å². The third-order valence-corrected chi connectivity index (χ3v) is 5.73. The highest BCUT2D eigenvalue weighted by Crippen LogP contribution is 2.68. The summed E-state index contributed by atoms with van der Waals surface area (Å²) < 4.78 is 48.5. The molecule has 7 nitrogen and oxygen atoms in total. The van der Waals surface area contributed by atoms with Crippen LogP contribution in [0.5, 0.6) is 0 Å². The molecule has 0 spiro atoms. The van der Waals surface area contributed by atoms with Crippen molar-refractivity contribution in [2.45, 2.75) is 13.8 Å². The average Bonchev–Trinajstić information content (AvgIpc) is 2.28. The zero-order chi connectivity index (χ0) is 12.5. The largest absolute Gasteiger partial charge is 0.483 e. The van der Waals surface area contributed by atoms with E-state index in [2.05, 4.69) is 0 Å². The van der Waals surface area contributed by atoms with Crippen molar-refractivity contribution in [1.29, 1.82) is 0 Å². The molecular weight excluding hydrogens is 270 g/mol. The zero-order valence-corrected chi connectivity index (χ0v) is 11.5. The summed E-state index contributed by atoms with van der Waals surface area (Å²) in [5.74, 6) is 0.240. The molecule has 2 heterocycles. The molecule has 2 aliphatic rings. The van der Waals surface area contributed by atoms with Crippen LogP contribution in [0.1, 0.15) is 13.8 Å². The van der Waals surface area contributed by atoms with Crippen LogP contribution in [-0.4, -0.2) is 26.4 Å².